The fourth-order valence-corrected chi connectivity index (χ4v) is 2.63. The first-order valence-corrected chi connectivity index (χ1v) is 7.20. The maximum absolute atomic E-state index is 10.6. The van der Waals surface area contributed by atoms with E-state index >= 15 is 0 Å². The van der Waals surface area contributed by atoms with Crippen molar-refractivity contribution in [3.8, 4) is 0 Å². The molecule has 1 aliphatic heterocycles. The number of aromatic nitrogens is 1. The van der Waals surface area contributed by atoms with Crippen molar-refractivity contribution in [3.63, 3.8) is 0 Å². The smallest absolute Gasteiger partial charge is 0.363 e. The summed E-state index contributed by atoms with van der Waals surface area (Å²) in [6.07, 6.45) is 2.91. The fourth-order valence-electron chi connectivity index (χ4n) is 2.63. The number of piperidine rings is 1. The molecule has 2 rings (SSSR count). The second kappa shape index (κ2) is 6.36. The molecule has 1 aromatic heterocycles. The molecule has 21 heavy (non-hydrogen) atoms. The van der Waals surface area contributed by atoms with Crippen LogP contribution in [0.1, 0.15) is 19.8 Å². The topological polar surface area (TPSA) is 82.7 Å². The first kappa shape index (κ1) is 15.7. The van der Waals surface area contributed by atoms with Gasteiger partial charge in [-0.25, -0.2) is 0 Å². The van der Waals surface area contributed by atoms with Gasteiger partial charge in [-0.15, -0.1) is 0 Å². The molecule has 1 saturated heterocycles. The number of likely N-dealkylation sites (N-methyl/N-ethyl adjacent to an activating group) is 1. The van der Waals surface area contributed by atoms with Crippen LogP contribution in [-0.2, 0) is 0 Å². The molecule has 1 aromatic rings. The summed E-state index contributed by atoms with van der Waals surface area (Å²) in [6.45, 7) is 5.12. The van der Waals surface area contributed by atoms with Crippen molar-refractivity contribution in [2.24, 2.45) is 0 Å². The van der Waals surface area contributed by atoms with E-state index in [0.29, 0.717) is 19.4 Å². The quantitative estimate of drug-likeness (QED) is 0.650. The molecule has 0 saturated carbocycles. The third-order valence-electron chi connectivity index (χ3n) is 4.08. The molecular weight excluding hydrogens is 272 g/mol. The van der Waals surface area contributed by atoms with Crippen LogP contribution in [0.4, 0.5) is 11.5 Å². The van der Waals surface area contributed by atoms with Crippen LogP contribution in [-0.4, -0.2) is 58.7 Å². The van der Waals surface area contributed by atoms with Gasteiger partial charge in [0.25, 0.3) is 0 Å². The Kier molecular flexibility index (Phi) is 4.74. The Morgan fingerprint density at radius 2 is 2.14 bits per heavy atom. The minimum absolute atomic E-state index is 0.142. The summed E-state index contributed by atoms with van der Waals surface area (Å²) in [7, 11) is 2.00. The maximum atomic E-state index is 10.6. The summed E-state index contributed by atoms with van der Waals surface area (Å²) in [5, 5.41) is 21.2. The summed E-state index contributed by atoms with van der Waals surface area (Å²) in [6, 6.07) is 3.13. The van der Waals surface area contributed by atoms with Gasteiger partial charge < -0.3 is 25.0 Å². The molecule has 1 fully saturated rings. The van der Waals surface area contributed by atoms with Gasteiger partial charge in [-0.1, -0.05) is 6.92 Å². The van der Waals surface area contributed by atoms with Gasteiger partial charge in [0.05, 0.1) is 11.3 Å². The average Bonchev–Trinajstić information content (AvgIpc) is 2.47. The van der Waals surface area contributed by atoms with Gasteiger partial charge in [0.2, 0.25) is 0 Å². The van der Waals surface area contributed by atoms with E-state index in [-0.39, 0.29) is 5.82 Å². The van der Waals surface area contributed by atoms with Gasteiger partial charge in [-0.3, -0.25) is 0 Å². The molecule has 0 aliphatic carbocycles. The van der Waals surface area contributed by atoms with Crippen molar-refractivity contribution < 1.29 is 10.0 Å². The zero-order valence-corrected chi connectivity index (χ0v) is 12.5. The van der Waals surface area contributed by atoms with Crippen molar-refractivity contribution >= 4 is 11.5 Å². The Morgan fingerprint density at radius 3 is 2.62 bits per heavy atom. The fraction of sp³-hybridized carbons (Fsp3) is 0.643. The molecule has 0 spiro atoms. The predicted molar refractivity (Wildman–Crippen MR) is 80.5 cm³/mol. The van der Waals surface area contributed by atoms with Gasteiger partial charge in [-0.05, 0) is 42.4 Å². The summed E-state index contributed by atoms with van der Waals surface area (Å²) < 4.78 is 0. The highest BCUT2D eigenvalue weighted by Gasteiger charge is 2.33. The Bertz CT molecular complexity index is 483. The molecule has 116 valence electrons. The van der Waals surface area contributed by atoms with Gasteiger partial charge in [0.15, 0.2) is 6.20 Å². The molecule has 0 bridgehead atoms. The molecule has 2 heterocycles. The molecule has 0 radical (unpaired) electrons. The number of nitro groups is 1. The highest BCUT2D eigenvalue weighted by atomic mass is 16.6. The van der Waals surface area contributed by atoms with Crippen molar-refractivity contribution in [1.29, 1.82) is 0 Å². The van der Waals surface area contributed by atoms with Gasteiger partial charge in [0, 0.05) is 25.7 Å². The Hall–Kier alpha value is -1.73. The van der Waals surface area contributed by atoms with E-state index in [1.165, 1.54) is 12.3 Å². The van der Waals surface area contributed by atoms with Crippen molar-refractivity contribution in [2.75, 3.05) is 38.1 Å². The second-order valence-corrected chi connectivity index (χ2v) is 5.67. The number of rotatable bonds is 5. The zero-order valence-electron chi connectivity index (χ0n) is 12.5. The van der Waals surface area contributed by atoms with Crippen LogP contribution in [0.5, 0.6) is 0 Å². The SMILES string of the molecule is CCN(C)CC1(O)CCN(c2ccc([N+](=O)[O-])nc2)CC1. The molecule has 0 aromatic carbocycles. The molecule has 0 unspecified atom stereocenters. The Labute approximate surface area is 124 Å². The van der Waals surface area contributed by atoms with E-state index in [9.17, 15) is 15.2 Å². The number of pyridine rings is 1. The number of anilines is 1. The second-order valence-electron chi connectivity index (χ2n) is 5.67. The van der Waals surface area contributed by atoms with E-state index in [1.54, 1.807) is 6.07 Å². The van der Waals surface area contributed by atoms with Gasteiger partial charge in [0.1, 0.15) is 0 Å². The number of hydrogen-bond donors (Lipinski definition) is 1. The molecule has 1 N–H and O–H groups in total. The van der Waals surface area contributed by atoms with Crippen molar-refractivity contribution in [2.45, 2.75) is 25.4 Å². The van der Waals surface area contributed by atoms with Gasteiger partial charge >= 0.3 is 5.82 Å². The highest BCUT2D eigenvalue weighted by molar-refractivity contribution is 5.47. The predicted octanol–water partition coefficient (Wildman–Crippen LogP) is 1.27. The van der Waals surface area contributed by atoms with E-state index in [1.807, 2.05) is 7.05 Å². The summed E-state index contributed by atoms with van der Waals surface area (Å²) in [5.41, 5.74) is 0.224. The van der Waals surface area contributed by atoms with Crippen LogP contribution in [0.3, 0.4) is 0 Å². The monoisotopic (exact) mass is 294 g/mol. The van der Waals surface area contributed by atoms with Crippen LogP contribution in [0, 0.1) is 10.1 Å². The van der Waals surface area contributed by atoms with Crippen LogP contribution < -0.4 is 4.90 Å². The van der Waals surface area contributed by atoms with E-state index in [2.05, 4.69) is 21.7 Å². The minimum atomic E-state index is -0.643. The third-order valence-corrected chi connectivity index (χ3v) is 4.08. The van der Waals surface area contributed by atoms with Crippen LogP contribution in [0.2, 0.25) is 0 Å². The Balaban J connectivity index is 1.95. The summed E-state index contributed by atoms with van der Waals surface area (Å²) in [5.74, 6) is -0.142. The largest absolute Gasteiger partial charge is 0.388 e. The van der Waals surface area contributed by atoms with Crippen molar-refractivity contribution in [1.82, 2.24) is 9.88 Å². The number of aliphatic hydroxyl groups is 1. The van der Waals surface area contributed by atoms with E-state index in [0.717, 1.165) is 25.3 Å². The maximum Gasteiger partial charge on any atom is 0.363 e. The average molecular weight is 294 g/mol. The molecular formula is C14H22N4O3. The summed E-state index contributed by atoms with van der Waals surface area (Å²) in [4.78, 5) is 18.2. The Morgan fingerprint density at radius 1 is 1.48 bits per heavy atom. The van der Waals surface area contributed by atoms with Gasteiger partial charge in [-0.2, -0.15) is 0 Å². The van der Waals surface area contributed by atoms with Crippen LogP contribution in [0.15, 0.2) is 18.3 Å². The lowest BCUT2D eigenvalue weighted by Gasteiger charge is -2.40. The number of nitrogens with zero attached hydrogens (tertiary/aromatic N) is 4. The third kappa shape index (κ3) is 3.89. The highest BCUT2D eigenvalue weighted by Crippen LogP contribution is 2.27. The standard InChI is InChI=1S/C14H22N4O3/c1-3-16(2)11-14(19)6-8-17(9-7-14)12-4-5-13(15-10-12)18(20)21/h4-5,10,19H,3,6-9,11H2,1-2H3. The zero-order chi connectivity index (χ0) is 15.5. The first-order chi connectivity index (χ1) is 9.93. The lowest BCUT2D eigenvalue weighted by molar-refractivity contribution is -0.389. The minimum Gasteiger partial charge on any atom is -0.388 e. The van der Waals surface area contributed by atoms with E-state index in [4.69, 9.17) is 0 Å². The van der Waals surface area contributed by atoms with Crippen LogP contribution >= 0.6 is 0 Å². The van der Waals surface area contributed by atoms with E-state index < -0.39 is 10.5 Å². The molecule has 7 nitrogen and oxygen atoms in total. The lowest BCUT2D eigenvalue weighted by atomic mass is 9.90. The lowest BCUT2D eigenvalue weighted by Crippen LogP contribution is -2.50. The first-order valence-electron chi connectivity index (χ1n) is 7.20. The normalized spacial score (nSPS) is 18.0. The molecule has 1 aliphatic rings. The summed E-state index contributed by atoms with van der Waals surface area (Å²) >= 11 is 0. The van der Waals surface area contributed by atoms with Crippen molar-refractivity contribution in [3.05, 3.63) is 28.4 Å². The van der Waals surface area contributed by atoms with Crippen LogP contribution in [0.25, 0.3) is 0 Å². The molecule has 7 heteroatoms. The molecule has 0 atom stereocenters. The molecule has 0 amide bonds. The number of hydrogen-bond acceptors (Lipinski definition) is 6.